The molecule has 1 aliphatic rings. The van der Waals surface area contributed by atoms with E-state index in [2.05, 4.69) is 9.88 Å². The second-order valence-corrected chi connectivity index (χ2v) is 6.62. The number of rotatable bonds is 5. The van der Waals surface area contributed by atoms with Crippen molar-refractivity contribution in [3.05, 3.63) is 16.1 Å². The number of nitrogens with zero attached hydrogens (tertiary/aromatic N) is 2. The first-order chi connectivity index (χ1) is 9.03. The Bertz CT molecular complexity index is 438. The van der Waals surface area contributed by atoms with Crippen molar-refractivity contribution >= 4 is 17.3 Å². The summed E-state index contributed by atoms with van der Waals surface area (Å²) in [5, 5.41) is 9.58. The number of aliphatic carboxylic acids is 1. The fourth-order valence-corrected chi connectivity index (χ4v) is 3.82. The van der Waals surface area contributed by atoms with Gasteiger partial charge in [-0.05, 0) is 26.8 Å². The lowest BCUT2D eigenvalue weighted by Gasteiger charge is -2.36. The first kappa shape index (κ1) is 14.5. The molecule has 0 spiro atoms. The first-order valence-electron chi connectivity index (χ1n) is 6.84. The van der Waals surface area contributed by atoms with Gasteiger partial charge in [0.2, 0.25) is 0 Å². The maximum Gasteiger partial charge on any atom is 0.310 e. The molecule has 1 aromatic rings. The average Bonchev–Trinajstić information content (AvgIpc) is 2.76. The van der Waals surface area contributed by atoms with Crippen LogP contribution in [-0.4, -0.2) is 34.6 Å². The summed E-state index contributed by atoms with van der Waals surface area (Å²) in [7, 11) is 2.01. The highest BCUT2D eigenvalue weighted by atomic mass is 32.1. The number of hydrogen-bond donors (Lipinski definition) is 1. The Morgan fingerprint density at radius 3 is 2.68 bits per heavy atom. The zero-order valence-corrected chi connectivity index (χ0v) is 12.5. The van der Waals surface area contributed by atoms with Crippen LogP contribution in [0.3, 0.4) is 0 Å². The van der Waals surface area contributed by atoms with Gasteiger partial charge in [0.1, 0.15) is 0 Å². The molecule has 1 heterocycles. The highest BCUT2D eigenvalue weighted by Crippen LogP contribution is 2.37. The van der Waals surface area contributed by atoms with Crippen LogP contribution in [0.4, 0.5) is 0 Å². The Hall–Kier alpha value is -0.940. The summed E-state index contributed by atoms with van der Waals surface area (Å²) in [6, 6.07) is 0. The quantitative estimate of drug-likeness (QED) is 0.902. The molecule has 1 aromatic heterocycles. The molecule has 1 N–H and O–H groups in total. The molecule has 5 heteroatoms. The van der Waals surface area contributed by atoms with Crippen LogP contribution in [0.1, 0.15) is 42.7 Å². The molecule has 4 nitrogen and oxygen atoms in total. The fourth-order valence-electron chi connectivity index (χ4n) is 2.96. The highest BCUT2D eigenvalue weighted by Gasteiger charge is 2.40. The van der Waals surface area contributed by atoms with E-state index in [4.69, 9.17) is 0 Å². The minimum Gasteiger partial charge on any atom is -0.481 e. The van der Waals surface area contributed by atoms with E-state index < -0.39 is 11.4 Å². The number of aromatic nitrogens is 1. The first-order valence-corrected chi connectivity index (χ1v) is 7.72. The Morgan fingerprint density at radius 1 is 1.47 bits per heavy atom. The lowest BCUT2D eigenvalue weighted by atomic mass is 9.73. The number of carboxylic acid groups (broad SMARTS) is 1. The van der Waals surface area contributed by atoms with Crippen molar-refractivity contribution in [1.82, 2.24) is 9.88 Å². The molecular weight excluding hydrogens is 260 g/mol. The van der Waals surface area contributed by atoms with Gasteiger partial charge in [0.05, 0.1) is 16.6 Å². The van der Waals surface area contributed by atoms with Crippen LogP contribution < -0.4 is 0 Å². The van der Waals surface area contributed by atoms with Gasteiger partial charge >= 0.3 is 5.97 Å². The smallest absolute Gasteiger partial charge is 0.310 e. The van der Waals surface area contributed by atoms with Crippen molar-refractivity contribution in [2.75, 3.05) is 13.6 Å². The van der Waals surface area contributed by atoms with E-state index in [9.17, 15) is 9.90 Å². The van der Waals surface area contributed by atoms with Crippen molar-refractivity contribution in [1.29, 1.82) is 0 Å². The standard InChI is InChI=1S/C14H22N2O2S/c1-11-12(19-10-15-11)8-16(2)9-14(13(17)18)6-4-3-5-7-14/h10H,3-9H2,1-2H3,(H,17,18). The molecule has 0 bridgehead atoms. The molecule has 2 rings (SSSR count). The van der Waals surface area contributed by atoms with Crippen molar-refractivity contribution < 1.29 is 9.90 Å². The molecule has 0 radical (unpaired) electrons. The van der Waals surface area contributed by atoms with Gasteiger partial charge < -0.3 is 10.0 Å². The third kappa shape index (κ3) is 3.34. The second kappa shape index (κ2) is 6.01. The van der Waals surface area contributed by atoms with Gasteiger partial charge in [-0.15, -0.1) is 11.3 Å². The van der Waals surface area contributed by atoms with E-state index in [-0.39, 0.29) is 0 Å². The summed E-state index contributed by atoms with van der Waals surface area (Å²) in [4.78, 5) is 19.3. The summed E-state index contributed by atoms with van der Waals surface area (Å²) in [5.74, 6) is -0.625. The molecular formula is C14H22N2O2S. The molecule has 1 aliphatic carbocycles. The number of thiazole rings is 1. The fraction of sp³-hybridized carbons (Fsp3) is 0.714. The van der Waals surface area contributed by atoms with Crippen LogP contribution in [0.5, 0.6) is 0 Å². The third-order valence-corrected chi connectivity index (χ3v) is 5.02. The van der Waals surface area contributed by atoms with E-state index >= 15 is 0 Å². The van der Waals surface area contributed by atoms with E-state index in [0.29, 0.717) is 6.54 Å². The largest absolute Gasteiger partial charge is 0.481 e. The summed E-state index contributed by atoms with van der Waals surface area (Å²) < 4.78 is 0. The summed E-state index contributed by atoms with van der Waals surface area (Å²) in [6.07, 6.45) is 4.88. The maximum absolute atomic E-state index is 11.6. The van der Waals surface area contributed by atoms with Gasteiger partial charge in [-0.25, -0.2) is 4.98 Å². The number of hydrogen-bond acceptors (Lipinski definition) is 4. The van der Waals surface area contributed by atoms with E-state index in [1.54, 1.807) is 11.3 Å². The van der Waals surface area contributed by atoms with Crippen molar-refractivity contribution in [2.24, 2.45) is 5.41 Å². The monoisotopic (exact) mass is 282 g/mol. The molecule has 1 saturated carbocycles. The molecule has 0 unspecified atom stereocenters. The molecule has 0 aromatic carbocycles. The van der Waals surface area contributed by atoms with Gasteiger partial charge in [-0.1, -0.05) is 19.3 Å². The number of aryl methyl sites for hydroxylation is 1. The molecule has 106 valence electrons. The minimum absolute atomic E-state index is 0.536. The van der Waals surface area contributed by atoms with E-state index in [0.717, 1.165) is 37.9 Å². The Kier molecular flexibility index (Phi) is 4.58. The molecule has 0 saturated heterocycles. The van der Waals surface area contributed by atoms with Gasteiger partial charge in [0, 0.05) is 18.0 Å². The topological polar surface area (TPSA) is 53.4 Å². The predicted molar refractivity (Wildman–Crippen MR) is 76.3 cm³/mol. The lowest BCUT2D eigenvalue weighted by molar-refractivity contribution is -0.152. The maximum atomic E-state index is 11.6. The summed E-state index contributed by atoms with van der Waals surface area (Å²) in [5.41, 5.74) is 2.38. The van der Waals surface area contributed by atoms with Crippen LogP contribution in [0, 0.1) is 12.3 Å². The molecule has 1 fully saturated rings. The van der Waals surface area contributed by atoms with Gasteiger partial charge in [0.15, 0.2) is 0 Å². The third-order valence-electron chi connectivity index (χ3n) is 4.10. The summed E-state index contributed by atoms with van der Waals surface area (Å²) >= 11 is 1.65. The van der Waals surface area contributed by atoms with Gasteiger partial charge in [-0.2, -0.15) is 0 Å². The number of carbonyl (C=O) groups is 1. The van der Waals surface area contributed by atoms with Crippen LogP contribution in [-0.2, 0) is 11.3 Å². The zero-order chi connectivity index (χ0) is 13.9. The number of carboxylic acids is 1. The van der Waals surface area contributed by atoms with Crippen molar-refractivity contribution in [2.45, 2.75) is 45.6 Å². The van der Waals surface area contributed by atoms with Crippen molar-refractivity contribution in [3.63, 3.8) is 0 Å². The van der Waals surface area contributed by atoms with Crippen molar-refractivity contribution in [3.8, 4) is 0 Å². The Labute approximate surface area is 118 Å². The lowest BCUT2D eigenvalue weighted by Crippen LogP contribution is -2.43. The SMILES string of the molecule is Cc1ncsc1CN(C)CC1(C(=O)O)CCCCC1. The molecule has 0 aliphatic heterocycles. The molecule has 19 heavy (non-hydrogen) atoms. The molecule has 0 amide bonds. The van der Waals surface area contributed by atoms with Gasteiger partial charge in [-0.3, -0.25) is 4.79 Å². The Morgan fingerprint density at radius 2 is 2.16 bits per heavy atom. The zero-order valence-electron chi connectivity index (χ0n) is 11.7. The van der Waals surface area contributed by atoms with Crippen LogP contribution in [0.25, 0.3) is 0 Å². The highest BCUT2D eigenvalue weighted by molar-refractivity contribution is 7.09. The van der Waals surface area contributed by atoms with Crippen LogP contribution in [0.2, 0.25) is 0 Å². The summed E-state index contributed by atoms with van der Waals surface area (Å²) in [6.45, 7) is 3.44. The van der Waals surface area contributed by atoms with Gasteiger partial charge in [0.25, 0.3) is 0 Å². The second-order valence-electron chi connectivity index (χ2n) is 5.68. The average molecular weight is 282 g/mol. The minimum atomic E-state index is -0.625. The van der Waals surface area contributed by atoms with E-state index in [1.165, 1.54) is 11.3 Å². The van der Waals surface area contributed by atoms with E-state index in [1.807, 2.05) is 19.5 Å². The normalized spacial score (nSPS) is 18.7. The van der Waals surface area contributed by atoms with Crippen LogP contribution >= 0.6 is 11.3 Å². The Balaban J connectivity index is 2.01. The predicted octanol–water partition coefficient (Wildman–Crippen LogP) is 2.92. The molecule has 0 atom stereocenters. The van der Waals surface area contributed by atoms with Crippen LogP contribution in [0.15, 0.2) is 5.51 Å².